The Kier molecular flexibility index (Phi) is 4.13. The molecular formula is C13H19NOS. The van der Waals surface area contributed by atoms with Crippen LogP contribution in [0.5, 0.6) is 5.75 Å². The second kappa shape index (κ2) is 5.60. The van der Waals surface area contributed by atoms with Crippen molar-refractivity contribution in [1.29, 1.82) is 0 Å². The van der Waals surface area contributed by atoms with Crippen molar-refractivity contribution in [3.8, 4) is 5.75 Å². The quantitative estimate of drug-likeness (QED) is 0.750. The first-order valence-corrected chi connectivity index (χ1v) is 7.00. The van der Waals surface area contributed by atoms with Crippen LogP contribution in [0.4, 0.5) is 0 Å². The molecule has 2 rings (SSSR count). The zero-order chi connectivity index (χ0) is 11.4. The van der Waals surface area contributed by atoms with E-state index in [0.29, 0.717) is 6.10 Å². The first-order valence-electron chi connectivity index (χ1n) is 5.78. The zero-order valence-electron chi connectivity index (χ0n) is 9.98. The molecule has 0 radical (unpaired) electrons. The Morgan fingerprint density at radius 2 is 1.94 bits per heavy atom. The highest BCUT2D eigenvalue weighted by atomic mass is 32.2. The van der Waals surface area contributed by atoms with Gasteiger partial charge in [0.15, 0.2) is 0 Å². The highest BCUT2D eigenvalue weighted by Crippen LogP contribution is 2.29. The van der Waals surface area contributed by atoms with Gasteiger partial charge in [-0.1, -0.05) is 12.1 Å². The molecular weight excluding hydrogens is 218 g/mol. The molecule has 0 bridgehead atoms. The van der Waals surface area contributed by atoms with Crippen LogP contribution in [0.25, 0.3) is 0 Å². The van der Waals surface area contributed by atoms with Gasteiger partial charge in [-0.15, -0.1) is 11.8 Å². The average molecular weight is 237 g/mol. The molecule has 1 aliphatic rings. The minimum Gasteiger partial charge on any atom is -0.489 e. The van der Waals surface area contributed by atoms with Crippen molar-refractivity contribution in [2.75, 3.05) is 26.4 Å². The zero-order valence-corrected chi connectivity index (χ0v) is 10.8. The monoisotopic (exact) mass is 237 g/mol. The second-order valence-corrected chi connectivity index (χ2v) is 5.12. The van der Waals surface area contributed by atoms with E-state index in [1.807, 2.05) is 6.07 Å². The molecule has 0 aliphatic carbocycles. The van der Waals surface area contributed by atoms with Gasteiger partial charge < -0.3 is 9.64 Å². The molecule has 0 saturated carbocycles. The van der Waals surface area contributed by atoms with E-state index in [-0.39, 0.29) is 0 Å². The molecule has 1 aromatic carbocycles. The van der Waals surface area contributed by atoms with Crippen LogP contribution in [0.2, 0.25) is 0 Å². The Hall–Kier alpha value is -0.670. The Bertz CT molecular complexity index is 334. The van der Waals surface area contributed by atoms with Gasteiger partial charge >= 0.3 is 0 Å². The molecule has 1 fully saturated rings. The van der Waals surface area contributed by atoms with Crippen molar-refractivity contribution >= 4 is 11.8 Å². The van der Waals surface area contributed by atoms with Crippen molar-refractivity contribution < 1.29 is 4.74 Å². The Morgan fingerprint density at radius 3 is 2.62 bits per heavy atom. The van der Waals surface area contributed by atoms with Crippen molar-refractivity contribution in [1.82, 2.24) is 4.90 Å². The molecule has 1 saturated heterocycles. The fraction of sp³-hybridized carbons (Fsp3) is 0.538. The predicted octanol–water partition coefficient (Wildman–Crippen LogP) is 2.88. The SMILES string of the molecule is CSc1ccccc1OC1CCN(C)CC1. The molecule has 0 amide bonds. The molecule has 0 aromatic heterocycles. The third-order valence-corrected chi connectivity index (χ3v) is 3.81. The maximum absolute atomic E-state index is 6.08. The van der Waals surface area contributed by atoms with Crippen LogP contribution >= 0.6 is 11.8 Å². The number of benzene rings is 1. The van der Waals surface area contributed by atoms with Gasteiger partial charge in [-0.25, -0.2) is 0 Å². The highest BCUT2D eigenvalue weighted by Gasteiger charge is 2.18. The van der Waals surface area contributed by atoms with E-state index in [2.05, 4.69) is 36.4 Å². The molecule has 2 nitrogen and oxygen atoms in total. The Labute approximate surface area is 102 Å². The van der Waals surface area contributed by atoms with E-state index < -0.39 is 0 Å². The van der Waals surface area contributed by atoms with Crippen molar-refractivity contribution in [3.63, 3.8) is 0 Å². The van der Waals surface area contributed by atoms with E-state index in [1.54, 1.807) is 11.8 Å². The fourth-order valence-corrected chi connectivity index (χ4v) is 2.53. The summed E-state index contributed by atoms with van der Waals surface area (Å²) in [6.45, 7) is 2.29. The number of likely N-dealkylation sites (tertiary alicyclic amines) is 1. The second-order valence-electron chi connectivity index (χ2n) is 4.27. The molecule has 1 aromatic rings. The molecule has 0 spiro atoms. The van der Waals surface area contributed by atoms with Crippen molar-refractivity contribution in [2.45, 2.75) is 23.8 Å². The van der Waals surface area contributed by atoms with Gasteiger partial charge in [0.1, 0.15) is 11.9 Å². The van der Waals surface area contributed by atoms with Gasteiger partial charge in [-0.05, 0) is 38.3 Å². The molecule has 0 atom stereocenters. The molecule has 0 N–H and O–H groups in total. The van der Waals surface area contributed by atoms with Crippen LogP contribution in [-0.4, -0.2) is 37.4 Å². The fourth-order valence-electron chi connectivity index (χ4n) is 2.00. The van der Waals surface area contributed by atoms with Gasteiger partial charge in [0.05, 0.1) is 0 Å². The summed E-state index contributed by atoms with van der Waals surface area (Å²) in [6, 6.07) is 8.30. The van der Waals surface area contributed by atoms with Crippen LogP contribution in [0.3, 0.4) is 0 Å². The molecule has 3 heteroatoms. The summed E-state index contributed by atoms with van der Waals surface area (Å²) in [5.74, 6) is 1.05. The predicted molar refractivity (Wildman–Crippen MR) is 69.4 cm³/mol. The number of thioether (sulfide) groups is 1. The summed E-state index contributed by atoms with van der Waals surface area (Å²) in [5, 5.41) is 0. The van der Waals surface area contributed by atoms with E-state index >= 15 is 0 Å². The molecule has 88 valence electrons. The van der Waals surface area contributed by atoms with Crippen LogP contribution < -0.4 is 4.74 Å². The third kappa shape index (κ3) is 2.92. The highest BCUT2D eigenvalue weighted by molar-refractivity contribution is 7.98. The number of ether oxygens (including phenoxy) is 1. The molecule has 16 heavy (non-hydrogen) atoms. The summed E-state index contributed by atoms with van der Waals surface area (Å²) in [7, 11) is 2.17. The third-order valence-electron chi connectivity index (χ3n) is 3.03. The van der Waals surface area contributed by atoms with E-state index in [4.69, 9.17) is 4.74 Å². The minimum absolute atomic E-state index is 0.393. The first kappa shape index (κ1) is 11.8. The maximum Gasteiger partial charge on any atom is 0.133 e. The first-order chi connectivity index (χ1) is 7.79. The van der Waals surface area contributed by atoms with Gasteiger partial charge in [-0.2, -0.15) is 0 Å². The van der Waals surface area contributed by atoms with E-state index in [1.165, 1.54) is 4.90 Å². The van der Waals surface area contributed by atoms with E-state index in [0.717, 1.165) is 31.7 Å². The maximum atomic E-state index is 6.08. The van der Waals surface area contributed by atoms with Crippen molar-refractivity contribution in [2.24, 2.45) is 0 Å². The summed E-state index contributed by atoms with van der Waals surface area (Å²) in [4.78, 5) is 3.60. The molecule has 1 aliphatic heterocycles. The number of nitrogens with zero attached hydrogens (tertiary/aromatic N) is 1. The minimum atomic E-state index is 0.393. The summed E-state index contributed by atoms with van der Waals surface area (Å²) < 4.78 is 6.08. The van der Waals surface area contributed by atoms with Crippen LogP contribution in [0.1, 0.15) is 12.8 Å². The van der Waals surface area contributed by atoms with Crippen LogP contribution in [-0.2, 0) is 0 Å². The standard InChI is InChI=1S/C13H19NOS/c1-14-9-7-11(8-10-14)15-12-5-3-4-6-13(12)16-2/h3-6,11H,7-10H2,1-2H3. The lowest BCUT2D eigenvalue weighted by Crippen LogP contribution is -2.35. The number of hydrogen-bond donors (Lipinski definition) is 0. The normalized spacial score (nSPS) is 18.6. The number of rotatable bonds is 3. The summed E-state index contributed by atoms with van der Waals surface area (Å²) >= 11 is 1.75. The smallest absolute Gasteiger partial charge is 0.133 e. The van der Waals surface area contributed by atoms with E-state index in [9.17, 15) is 0 Å². The number of piperidine rings is 1. The molecule has 0 unspecified atom stereocenters. The van der Waals surface area contributed by atoms with Crippen molar-refractivity contribution in [3.05, 3.63) is 24.3 Å². The number of para-hydroxylation sites is 1. The average Bonchev–Trinajstić information content (AvgIpc) is 2.33. The Balaban J connectivity index is 1.98. The lowest BCUT2D eigenvalue weighted by Gasteiger charge is -2.29. The largest absolute Gasteiger partial charge is 0.489 e. The summed E-state index contributed by atoms with van der Waals surface area (Å²) in [6.07, 6.45) is 4.76. The van der Waals surface area contributed by atoms with Gasteiger partial charge in [0.25, 0.3) is 0 Å². The number of hydrogen-bond acceptors (Lipinski definition) is 3. The lowest BCUT2D eigenvalue weighted by molar-refractivity contribution is 0.112. The topological polar surface area (TPSA) is 12.5 Å². The van der Waals surface area contributed by atoms with Gasteiger partial charge in [-0.3, -0.25) is 0 Å². The van der Waals surface area contributed by atoms with Gasteiger partial charge in [0, 0.05) is 18.0 Å². The molecule has 1 heterocycles. The van der Waals surface area contributed by atoms with Crippen LogP contribution in [0.15, 0.2) is 29.2 Å². The lowest BCUT2D eigenvalue weighted by atomic mass is 10.1. The summed E-state index contributed by atoms with van der Waals surface area (Å²) in [5.41, 5.74) is 0. The van der Waals surface area contributed by atoms with Gasteiger partial charge in [0.2, 0.25) is 0 Å². The Morgan fingerprint density at radius 1 is 1.25 bits per heavy atom. The van der Waals surface area contributed by atoms with Crippen LogP contribution in [0, 0.1) is 0 Å².